The van der Waals surface area contributed by atoms with Crippen molar-refractivity contribution >= 4 is 69.1 Å². The van der Waals surface area contributed by atoms with E-state index in [9.17, 15) is 25.0 Å². The molecule has 0 bridgehead atoms. The first-order valence-electron chi connectivity index (χ1n) is 10.4. The highest BCUT2D eigenvalue weighted by molar-refractivity contribution is 14.1. The number of methoxy groups -OCH3 is 1. The molecule has 12 heteroatoms. The molecular formula is C25H18ClIN4O6. The summed E-state index contributed by atoms with van der Waals surface area (Å²) in [6, 6.07) is 17.0. The van der Waals surface area contributed by atoms with Gasteiger partial charge in [-0.2, -0.15) is 5.26 Å². The Morgan fingerprint density at radius 2 is 1.86 bits per heavy atom. The monoisotopic (exact) mass is 632 g/mol. The van der Waals surface area contributed by atoms with Gasteiger partial charge in [-0.25, -0.2) is 0 Å². The second-order valence-electron chi connectivity index (χ2n) is 7.31. The molecule has 0 aliphatic heterocycles. The Kier molecular flexibility index (Phi) is 9.42. The molecule has 0 fully saturated rings. The summed E-state index contributed by atoms with van der Waals surface area (Å²) in [5.74, 6) is -0.537. The van der Waals surface area contributed by atoms with Crippen LogP contribution in [0.3, 0.4) is 0 Å². The summed E-state index contributed by atoms with van der Waals surface area (Å²) in [6.07, 6.45) is 1.34. The van der Waals surface area contributed by atoms with Crippen LogP contribution in [-0.2, 0) is 9.59 Å². The number of carbonyl (C=O) groups is 2. The first-order valence-corrected chi connectivity index (χ1v) is 11.9. The zero-order valence-electron chi connectivity index (χ0n) is 19.2. The molecule has 0 unspecified atom stereocenters. The maximum absolute atomic E-state index is 12.6. The van der Waals surface area contributed by atoms with Crippen LogP contribution in [0.1, 0.15) is 5.56 Å². The van der Waals surface area contributed by atoms with Crippen LogP contribution < -0.4 is 20.1 Å². The number of hydrogen-bond acceptors (Lipinski definition) is 7. The van der Waals surface area contributed by atoms with Gasteiger partial charge in [0, 0.05) is 28.5 Å². The highest BCUT2D eigenvalue weighted by Crippen LogP contribution is 2.34. The smallest absolute Gasteiger partial charge is 0.271 e. The summed E-state index contributed by atoms with van der Waals surface area (Å²) in [5, 5.41) is 26.2. The molecule has 0 aliphatic rings. The number of carbonyl (C=O) groups excluding carboxylic acids is 2. The molecule has 0 spiro atoms. The molecule has 3 aromatic rings. The van der Waals surface area contributed by atoms with Gasteiger partial charge in [-0.15, -0.1) is 0 Å². The van der Waals surface area contributed by atoms with Gasteiger partial charge in [0.25, 0.3) is 17.5 Å². The maximum Gasteiger partial charge on any atom is 0.271 e. The molecule has 188 valence electrons. The number of anilines is 2. The van der Waals surface area contributed by atoms with Crippen molar-refractivity contribution in [3.8, 4) is 17.6 Å². The van der Waals surface area contributed by atoms with Gasteiger partial charge in [-0.05, 0) is 76.7 Å². The first kappa shape index (κ1) is 27.4. The van der Waals surface area contributed by atoms with E-state index in [0.717, 1.165) is 0 Å². The van der Waals surface area contributed by atoms with Crippen LogP contribution in [0.5, 0.6) is 11.5 Å². The van der Waals surface area contributed by atoms with E-state index in [1.165, 1.54) is 37.5 Å². The molecule has 3 aromatic carbocycles. The Labute approximate surface area is 230 Å². The fraction of sp³-hybridized carbons (Fsp3) is 0.0800. The summed E-state index contributed by atoms with van der Waals surface area (Å²) < 4.78 is 11.6. The minimum Gasteiger partial charge on any atom is -0.493 e. The van der Waals surface area contributed by atoms with E-state index in [0.29, 0.717) is 25.6 Å². The highest BCUT2D eigenvalue weighted by atomic mass is 127. The van der Waals surface area contributed by atoms with Crippen LogP contribution in [0.4, 0.5) is 17.1 Å². The molecule has 0 saturated heterocycles. The molecule has 0 saturated carbocycles. The molecule has 2 N–H and O–H groups in total. The van der Waals surface area contributed by atoms with E-state index < -0.39 is 16.7 Å². The summed E-state index contributed by atoms with van der Waals surface area (Å²) in [4.78, 5) is 35.2. The Morgan fingerprint density at radius 1 is 1.14 bits per heavy atom. The van der Waals surface area contributed by atoms with Gasteiger partial charge in [0.1, 0.15) is 11.6 Å². The second kappa shape index (κ2) is 12.7. The fourth-order valence-corrected chi connectivity index (χ4v) is 3.95. The summed E-state index contributed by atoms with van der Waals surface area (Å²) in [5.41, 5.74) is 0.767. The lowest BCUT2D eigenvalue weighted by atomic mass is 10.1. The minimum absolute atomic E-state index is 0.174. The average Bonchev–Trinajstić information content (AvgIpc) is 2.87. The van der Waals surface area contributed by atoms with E-state index in [1.807, 2.05) is 28.7 Å². The van der Waals surface area contributed by atoms with E-state index in [-0.39, 0.29) is 29.3 Å². The van der Waals surface area contributed by atoms with Crippen LogP contribution >= 0.6 is 34.2 Å². The number of nitrogens with zero attached hydrogens (tertiary/aromatic N) is 2. The van der Waals surface area contributed by atoms with Gasteiger partial charge in [-0.3, -0.25) is 19.7 Å². The number of nitrogens with one attached hydrogen (secondary N) is 2. The Balaban J connectivity index is 1.74. The first-order chi connectivity index (χ1) is 17.7. The standard InChI is InChI=1S/C25H18ClIN4O6/c1-36-22-11-15(9-16(13-28)25(33)30-19-3-2-4-20(12-19)31(34)35)10-21(27)24(22)37-14-23(32)29-18-7-5-17(26)6-8-18/h2-12H,14H2,1H3,(H,29,32)(H,30,33)/b16-9+. The molecule has 3 rings (SSSR count). The lowest BCUT2D eigenvalue weighted by Crippen LogP contribution is -2.20. The van der Waals surface area contributed by atoms with Crippen molar-refractivity contribution in [1.29, 1.82) is 5.26 Å². The maximum atomic E-state index is 12.6. The number of ether oxygens (including phenoxy) is 2. The summed E-state index contributed by atoms with van der Waals surface area (Å²) >= 11 is 7.83. The number of rotatable bonds is 9. The van der Waals surface area contributed by atoms with Gasteiger partial charge < -0.3 is 20.1 Å². The quantitative estimate of drug-likeness (QED) is 0.105. The van der Waals surface area contributed by atoms with Crippen molar-refractivity contribution in [2.24, 2.45) is 0 Å². The number of hydrogen-bond donors (Lipinski definition) is 2. The molecule has 0 radical (unpaired) electrons. The lowest BCUT2D eigenvalue weighted by molar-refractivity contribution is -0.384. The molecule has 0 aliphatic carbocycles. The van der Waals surface area contributed by atoms with E-state index in [2.05, 4.69) is 10.6 Å². The van der Waals surface area contributed by atoms with Crippen molar-refractivity contribution in [2.75, 3.05) is 24.4 Å². The number of nitriles is 1. The number of amides is 2. The van der Waals surface area contributed by atoms with Gasteiger partial charge in [-0.1, -0.05) is 17.7 Å². The molecule has 37 heavy (non-hydrogen) atoms. The molecule has 0 heterocycles. The number of nitro benzene ring substituents is 1. The van der Waals surface area contributed by atoms with Crippen molar-refractivity contribution in [3.05, 3.63) is 90.5 Å². The normalized spacial score (nSPS) is 10.7. The minimum atomic E-state index is -0.740. The number of halogens is 2. The molecule has 0 atom stereocenters. The van der Waals surface area contributed by atoms with Crippen LogP contribution in [0, 0.1) is 25.0 Å². The predicted octanol–water partition coefficient (Wildman–Crippen LogP) is 5.42. The molecule has 10 nitrogen and oxygen atoms in total. The van der Waals surface area contributed by atoms with Gasteiger partial charge in [0.05, 0.1) is 15.6 Å². The van der Waals surface area contributed by atoms with Crippen LogP contribution in [0.15, 0.2) is 66.2 Å². The fourth-order valence-electron chi connectivity index (χ4n) is 3.04. The van der Waals surface area contributed by atoms with E-state index >= 15 is 0 Å². The number of benzene rings is 3. The highest BCUT2D eigenvalue weighted by Gasteiger charge is 2.16. The van der Waals surface area contributed by atoms with Gasteiger partial charge >= 0.3 is 0 Å². The predicted molar refractivity (Wildman–Crippen MR) is 147 cm³/mol. The Hall–Kier alpha value is -4.15. The van der Waals surface area contributed by atoms with Crippen LogP contribution in [0.25, 0.3) is 6.08 Å². The van der Waals surface area contributed by atoms with Gasteiger partial charge in [0.15, 0.2) is 18.1 Å². The van der Waals surface area contributed by atoms with Crippen molar-refractivity contribution in [1.82, 2.24) is 0 Å². The number of nitro groups is 1. The van der Waals surface area contributed by atoms with Gasteiger partial charge in [0.2, 0.25) is 0 Å². The summed E-state index contributed by atoms with van der Waals surface area (Å²) in [7, 11) is 1.42. The number of non-ortho nitro benzene ring substituents is 1. The zero-order valence-corrected chi connectivity index (χ0v) is 22.1. The Morgan fingerprint density at radius 3 is 2.51 bits per heavy atom. The SMILES string of the molecule is COc1cc(/C=C(\C#N)C(=O)Nc2cccc([N+](=O)[O-])c2)cc(I)c1OCC(=O)Nc1ccc(Cl)cc1. The molecule has 0 aromatic heterocycles. The molecule has 2 amide bonds. The third kappa shape index (κ3) is 7.66. The Bertz CT molecular complexity index is 1420. The van der Waals surface area contributed by atoms with Crippen LogP contribution in [-0.4, -0.2) is 30.5 Å². The zero-order chi connectivity index (χ0) is 26.9. The van der Waals surface area contributed by atoms with Crippen molar-refractivity contribution < 1.29 is 24.0 Å². The van der Waals surface area contributed by atoms with E-state index in [1.54, 1.807) is 36.4 Å². The summed E-state index contributed by atoms with van der Waals surface area (Å²) in [6.45, 7) is -0.292. The molecular weight excluding hydrogens is 615 g/mol. The topological polar surface area (TPSA) is 144 Å². The second-order valence-corrected chi connectivity index (χ2v) is 8.91. The third-order valence-corrected chi connectivity index (χ3v) is 5.77. The van der Waals surface area contributed by atoms with Crippen molar-refractivity contribution in [2.45, 2.75) is 0 Å². The lowest BCUT2D eigenvalue weighted by Gasteiger charge is -2.14. The largest absolute Gasteiger partial charge is 0.493 e. The van der Waals surface area contributed by atoms with Crippen LogP contribution in [0.2, 0.25) is 5.02 Å². The van der Waals surface area contributed by atoms with E-state index in [4.69, 9.17) is 21.1 Å². The third-order valence-electron chi connectivity index (χ3n) is 4.72. The van der Waals surface area contributed by atoms with Crippen molar-refractivity contribution in [3.63, 3.8) is 0 Å². The average molecular weight is 633 g/mol.